The second kappa shape index (κ2) is 2.89. The monoisotopic (exact) mass is 259 g/mol. The smallest absolute Gasteiger partial charge is 0.0641 e. The van der Waals surface area contributed by atoms with E-state index in [1.807, 2.05) is 12.1 Å². The summed E-state index contributed by atoms with van der Waals surface area (Å²) in [5, 5.41) is 4.15. The molecule has 2 rings (SSSR count). The zero-order valence-corrected chi connectivity index (χ0v) is 9.96. The minimum Gasteiger partial charge on any atom is -0.383 e. The van der Waals surface area contributed by atoms with Crippen LogP contribution >= 0.6 is 27.5 Å². The molecule has 0 radical (unpaired) electrons. The van der Waals surface area contributed by atoms with Crippen LogP contribution in [0.5, 0.6) is 0 Å². The first-order chi connectivity index (χ1) is 6.02. The number of anilines is 1. The van der Waals surface area contributed by atoms with E-state index in [1.165, 1.54) is 5.56 Å². The van der Waals surface area contributed by atoms with Gasteiger partial charge in [-0.2, -0.15) is 0 Å². The number of hydrogen-bond donors (Lipinski definition) is 1. The Morgan fingerprint density at radius 1 is 1.46 bits per heavy atom. The van der Waals surface area contributed by atoms with Crippen LogP contribution in [0.15, 0.2) is 16.6 Å². The minimum absolute atomic E-state index is 0.166. The van der Waals surface area contributed by atoms with Gasteiger partial charge in [0.05, 0.1) is 10.7 Å². The Balaban J connectivity index is 2.70. The molecule has 13 heavy (non-hydrogen) atoms. The van der Waals surface area contributed by atoms with Gasteiger partial charge in [0.15, 0.2) is 0 Å². The van der Waals surface area contributed by atoms with E-state index in [0.717, 1.165) is 21.7 Å². The number of rotatable bonds is 0. The highest BCUT2D eigenvalue weighted by atomic mass is 79.9. The van der Waals surface area contributed by atoms with Crippen molar-refractivity contribution in [2.45, 2.75) is 19.3 Å². The molecule has 0 fully saturated rings. The Labute approximate surface area is 91.6 Å². The average molecular weight is 261 g/mol. The zero-order valence-electron chi connectivity index (χ0n) is 7.62. The van der Waals surface area contributed by atoms with E-state index < -0.39 is 0 Å². The predicted molar refractivity (Wildman–Crippen MR) is 60.7 cm³/mol. The molecule has 0 amide bonds. The van der Waals surface area contributed by atoms with E-state index in [0.29, 0.717) is 0 Å². The van der Waals surface area contributed by atoms with Gasteiger partial charge in [0.1, 0.15) is 0 Å². The molecule has 1 nitrogen and oxygen atoms in total. The number of hydrogen-bond acceptors (Lipinski definition) is 1. The minimum atomic E-state index is 0.166. The highest BCUT2D eigenvalue weighted by Crippen LogP contribution is 2.44. The number of nitrogens with one attached hydrogen (secondary N) is 1. The summed E-state index contributed by atoms with van der Waals surface area (Å²) in [6.45, 7) is 5.38. The molecule has 0 unspecified atom stereocenters. The van der Waals surface area contributed by atoms with Crippen LogP contribution in [0.3, 0.4) is 0 Å². The third-order valence-corrected chi connectivity index (χ3v) is 3.46. The van der Waals surface area contributed by atoms with Crippen LogP contribution in [0.2, 0.25) is 5.02 Å². The standard InChI is InChI=1S/C10H11BrClN/c1-10(2)5-13-9-7(12)4-3-6(11)8(9)10/h3-4,13H,5H2,1-2H3. The van der Waals surface area contributed by atoms with Crippen LogP contribution < -0.4 is 5.32 Å². The highest BCUT2D eigenvalue weighted by molar-refractivity contribution is 9.10. The SMILES string of the molecule is CC1(C)CNc2c(Cl)ccc(Br)c21. The fourth-order valence-corrected chi connectivity index (χ4v) is 2.88. The third kappa shape index (κ3) is 1.36. The van der Waals surface area contributed by atoms with Crippen LogP contribution in [-0.4, -0.2) is 6.54 Å². The maximum absolute atomic E-state index is 6.09. The summed E-state index contributed by atoms with van der Waals surface area (Å²) in [6, 6.07) is 3.93. The van der Waals surface area contributed by atoms with Crippen molar-refractivity contribution in [3.63, 3.8) is 0 Å². The van der Waals surface area contributed by atoms with Crippen molar-refractivity contribution >= 4 is 33.2 Å². The van der Waals surface area contributed by atoms with Crippen molar-refractivity contribution in [1.29, 1.82) is 0 Å². The van der Waals surface area contributed by atoms with Gasteiger partial charge in [0.25, 0.3) is 0 Å². The summed E-state index contributed by atoms with van der Waals surface area (Å²) >= 11 is 9.64. The van der Waals surface area contributed by atoms with Crippen molar-refractivity contribution in [1.82, 2.24) is 0 Å². The Morgan fingerprint density at radius 2 is 2.15 bits per heavy atom. The maximum atomic E-state index is 6.09. The molecule has 70 valence electrons. The number of fused-ring (bicyclic) bond motifs is 1. The van der Waals surface area contributed by atoms with E-state index in [1.54, 1.807) is 0 Å². The lowest BCUT2D eigenvalue weighted by atomic mass is 9.87. The topological polar surface area (TPSA) is 12.0 Å². The molecule has 0 bridgehead atoms. The van der Waals surface area contributed by atoms with Gasteiger partial charge in [-0.05, 0) is 17.7 Å². The first-order valence-electron chi connectivity index (χ1n) is 4.25. The molecular weight excluding hydrogens is 249 g/mol. The molecule has 0 saturated carbocycles. The lowest BCUT2D eigenvalue weighted by Crippen LogP contribution is -2.19. The summed E-state index contributed by atoms with van der Waals surface area (Å²) in [5.74, 6) is 0. The van der Waals surface area contributed by atoms with Crippen LogP contribution in [-0.2, 0) is 5.41 Å². The van der Waals surface area contributed by atoms with Gasteiger partial charge in [-0.25, -0.2) is 0 Å². The Bertz CT molecular complexity index is 360. The normalized spacial score (nSPS) is 18.2. The predicted octanol–water partition coefficient (Wildman–Crippen LogP) is 3.81. The Kier molecular flexibility index (Phi) is 2.08. The lowest BCUT2D eigenvalue weighted by molar-refractivity contribution is 0.584. The van der Waals surface area contributed by atoms with Gasteiger partial charge < -0.3 is 5.32 Å². The zero-order chi connectivity index (χ0) is 9.64. The van der Waals surface area contributed by atoms with Crippen molar-refractivity contribution in [3.8, 4) is 0 Å². The molecule has 0 aliphatic carbocycles. The molecule has 1 aromatic carbocycles. The Hall–Kier alpha value is -0.210. The van der Waals surface area contributed by atoms with E-state index in [9.17, 15) is 0 Å². The van der Waals surface area contributed by atoms with Crippen molar-refractivity contribution in [2.75, 3.05) is 11.9 Å². The van der Waals surface area contributed by atoms with Gasteiger partial charge in [0, 0.05) is 16.4 Å². The second-order valence-electron chi connectivity index (χ2n) is 4.02. The summed E-state index contributed by atoms with van der Waals surface area (Å²) in [5.41, 5.74) is 2.54. The third-order valence-electron chi connectivity index (χ3n) is 2.49. The van der Waals surface area contributed by atoms with Gasteiger partial charge in [-0.3, -0.25) is 0 Å². The molecular formula is C10H11BrClN. The summed E-state index contributed by atoms with van der Waals surface area (Å²) in [4.78, 5) is 0. The number of halogens is 2. The fraction of sp³-hybridized carbons (Fsp3) is 0.400. The Morgan fingerprint density at radius 3 is 2.77 bits per heavy atom. The fourth-order valence-electron chi connectivity index (χ4n) is 1.78. The largest absolute Gasteiger partial charge is 0.383 e. The number of benzene rings is 1. The van der Waals surface area contributed by atoms with E-state index in [4.69, 9.17) is 11.6 Å². The quantitative estimate of drug-likeness (QED) is 0.748. The summed E-state index contributed by atoms with van der Waals surface area (Å²) in [7, 11) is 0. The molecule has 1 heterocycles. The van der Waals surface area contributed by atoms with E-state index in [2.05, 4.69) is 35.1 Å². The molecule has 0 saturated heterocycles. The van der Waals surface area contributed by atoms with Gasteiger partial charge in [-0.1, -0.05) is 41.4 Å². The van der Waals surface area contributed by atoms with Gasteiger partial charge in [0.2, 0.25) is 0 Å². The van der Waals surface area contributed by atoms with Crippen molar-refractivity contribution in [3.05, 3.63) is 27.2 Å². The van der Waals surface area contributed by atoms with Crippen LogP contribution in [0.1, 0.15) is 19.4 Å². The summed E-state index contributed by atoms with van der Waals surface area (Å²) < 4.78 is 1.14. The van der Waals surface area contributed by atoms with E-state index >= 15 is 0 Å². The van der Waals surface area contributed by atoms with Gasteiger partial charge >= 0.3 is 0 Å². The van der Waals surface area contributed by atoms with Crippen molar-refractivity contribution in [2.24, 2.45) is 0 Å². The van der Waals surface area contributed by atoms with Crippen LogP contribution in [0, 0.1) is 0 Å². The maximum Gasteiger partial charge on any atom is 0.0641 e. The lowest BCUT2D eigenvalue weighted by Gasteiger charge is -2.18. The molecule has 1 aliphatic rings. The molecule has 1 aliphatic heterocycles. The first-order valence-corrected chi connectivity index (χ1v) is 5.42. The summed E-state index contributed by atoms with van der Waals surface area (Å²) in [6.07, 6.45) is 0. The molecule has 3 heteroatoms. The molecule has 1 aromatic rings. The molecule has 1 N–H and O–H groups in total. The van der Waals surface area contributed by atoms with Crippen LogP contribution in [0.25, 0.3) is 0 Å². The second-order valence-corrected chi connectivity index (χ2v) is 5.28. The highest BCUT2D eigenvalue weighted by Gasteiger charge is 2.32. The first kappa shape index (κ1) is 9.35. The van der Waals surface area contributed by atoms with Gasteiger partial charge in [-0.15, -0.1) is 0 Å². The average Bonchev–Trinajstić information content (AvgIpc) is 2.36. The molecule has 0 aromatic heterocycles. The molecule has 0 atom stereocenters. The van der Waals surface area contributed by atoms with E-state index in [-0.39, 0.29) is 5.41 Å². The van der Waals surface area contributed by atoms with Crippen molar-refractivity contribution < 1.29 is 0 Å². The molecule has 0 spiro atoms. The van der Waals surface area contributed by atoms with Crippen LogP contribution in [0.4, 0.5) is 5.69 Å².